The summed E-state index contributed by atoms with van der Waals surface area (Å²) in [5, 5.41) is 2.69. The van der Waals surface area contributed by atoms with Crippen LogP contribution in [0.4, 0.5) is 34.1 Å². The van der Waals surface area contributed by atoms with Crippen molar-refractivity contribution < 1.29 is 0 Å². The molecule has 7 aromatic rings. The van der Waals surface area contributed by atoms with Gasteiger partial charge in [-0.05, 0) is 186 Å². The van der Waals surface area contributed by atoms with Gasteiger partial charge in [-0.25, -0.2) is 0 Å². The van der Waals surface area contributed by atoms with Gasteiger partial charge in [0.2, 0.25) is 0 Å². The third kappa shape index (κ3) is 6.20. The first kappa shape index (κ1) is 44.4. The van der Waals surface area contributed by atoms with Crippen molar-refractivity contribution in [2.45, 2.75) is 181 Å². The highest BCUT2D eigenvalue weighted by atomic mass is 32.1. The predicted octanol–water partition coefficient (Wildman–Crippen LogP) is 16.4. The third-order valence-corrected chi connectivity index (χ3v) is 19.6. The Bertz CT molecular complexity index is 3340. The summed E-state index contributed by atoms with van der Waals surface area (Å²) in [6.07, 6.45) is 5.89. The van der Waals surface area contributed by atoms with Crippen molar-refractivity contribution in [1.82, 2.24) is 0 Å². The van der Waals surface area contributed by atoms with Crippen LogP contribution in [0.15, 0.2) is 91.0 Å². The van der Waals surface area contributed by atoms with Gasteiger partial charge in [0.25, 0.3) is 6.71 Å². The summed E-state index contributed by atoms with van der Waals surface area (Å²) in [4.78, 5) is 5.50. The van der Waals surface area contributed by atoms with Gasteiger partial charge in [-0.3, -0.25) is 0 Å². The molecule has 0 saturated carbocycles. The lowest BCUT2D eigenvalue weighted by Crippen LogP contribution is -2.62. The summed E-state index contributed by atoms with van der Waals surface area (Å²) < 4.78 is 2.69. The van der Waals surface area contributed by atoms with Crippen LogP contribution in [0.25, 0.3) is 20.2 Å². The van der Waals surface area contributed by atoms with Crippen LogP contribution in [0, 0.1) is 6.92 Å². The van der Waals surface area contributed by atoms with Crippen LogP contribution < -0.4 is 26.2 Å². The molecule has 12 rings (SSSR count). The minimum Gasteiger partial charge on any atom is -0.311 e. The largest absolute Gasteiger partial charge is 0.311 e. The molecule has 1 aromatic heterocycles. The van der Waals surface area contributed by atoms with Gasteiger partial charge in [-0.1, -0.05) is 146 Å². The number of thiophene rings is 1. The molecule has 0 atom stereocenters. The number of hydrogen-bond acceptors (Lipinski definition) is 3. The minimum absolute atomic E-state index is 0.0574. The number of hydrogen-bond donors (Lipinski definition) is 0. The molecule has 2 nitrogen and oxygen atoms in total. The fourth-order valence-electron chi connectivity index (χ4n) is 14.3. The topological polar surface area (TPSA) is 6.48 Å². The van der Waals surface area contributed by atoms with Crippen LogP contribution in [0.1, 0.15) is 180 Å². The van der Waals surface area contributed by atoms with Gasteiger partial charge < -0.3 is 9.80 Å². The lowest BCUT2D eigenvalue weighted by molar-refractivity contribution is 0.332. The van der Waals surface area contributed by atoms with Crippen LogP contribution in [0.2, 0.25) is 0 Å². The summed E-state index contributed by atoms with van der Waals surface area (Å²) in [5.41, 5.74) is 24.5. The van der Waals surface area contributed by atoms with Gasteiger partial charge in [0.15, 0.2) is 0 Å². The Morgan fingerprint density at radius 2 is 0.912 bits per heavy atom. The number of benzene rings is 6. The van der Waals surface area contributed by atoms with E-state index in [0.29, 0.717) is 0 Å². The lowest BCUT2D eigenvalue weighted by atomic mass is 9.32. The van der Waals surface area contributed by atoms with Gasteiger partial charge in [-0.15, -0.1) is 11.3 Å². The summed E-state index contributed by atoms with van der Waals surface area (Å²) in [5.74, 6) is 0. The van der Waals surface area contributed by atoms with Crippen molar-refractivity contribution in [2.75, 3.05) is 9.80 Å². The van der Waals surface area contributed by atoms with Crippen molar-refractivity contribution in [3.05, 3.63) is 136 Å². The van der Waals surface area contributed by atoms with Crippen LogP contribution in [-0.2, 0) is 37.9 Å². The molecule has 0 radical (unpaired) electrons. The number of rotatable bonds is 2. The van der Waals surface area contributed by atoms with Crippen molar-refractivity contribution >= 4 is 88.7 Å². The first-order valence-electron chi connectivity index (χ1n) is 25.9. The zero-order chi connectivity index (χ0) is 48.2. The zero-order valence-electron chi connectivity index (χ0n) is 44.1. The summed E-state index contributed by atoms with van der Waals surface area (Å²) >= 11 is 1.93. The number of aryl methyl sites for hydroxylation is 1. The molecule has 2 aliphatic heterocycles. The summed E-state index contributed by atoms with van der Waals surface area (Å²) in [7, 11) is 0. The fourth-order valence-corrected chi connectivity index (χ4v) is 15.4. The highest BCUT2D eigenvalue weighted by molar-refractivity contribution is 7.25. The molecule has 0 spiro atoms. The van der Waals surface area contributed by atoms with Gasteiger partial charge >= 0.3 is 0 Å². The minimum atomic E-state index is -0.100. The quantitative estimate of drug-likeness (QED) is 0.159. The second-order valence-electron chi connectivity index (χ2n) is 27.1. The van der Waals surface area contributed by atoms with Gasteiger partial charge in [-0.2, -0.15) is 0 Å². The second kappa shape index (κ2) is 13.7. The second-order valence-corrected chi connectivity index (χ2v) is 28.2. The normalized spacial score (nSPS) is 20.7. The first-order chi connectivity index (χ1) is 31.7. The van der Waals surface area contributed by atoms with Crippen LogP contribution >= 0.6 is 11.3 Å². The maximum absolute atomic E-state index is 2.78. The van der Waals surface area contributed by atoms with E-state index in [1.165, 1.54) is 141 Å². The van der Waals surface area contributed by atoms with E-state index in [9.17, 15) is 0 Å². The smallest absolute Gasteiger partial charge is 0.252 e. The van der Waals surface area contributed by atoms with Gasteiger partial charge in [0, 0.05) is 54.3 Å². The zero-order valence-corrected chi connectivity index (χ0v) is 44.9. The third-order valence-electron chi connectivity index (χ3n) is 18.4. The molecule has 0 fully saturated rings. The molecule has 68 heavy (non-hydrogen) atoms. The van der Waals surface area contributed by atoms with E-state index in [1.54, 1.807) is 0 Å². The number of nitrogens with zero attached hydrogens (tertiary/aromatic N) is 2. The van der Waals surface area contributed by atoms with E-state index in [4.69, 9.17) is 0 Å². The van der Waals surface area contributed by atoms with Crippen molar-refractivity contribution in [1.29, 1.82) is 0 Å². The molecule has 3 aliphatic carbocycles. The van der Waals surface area contributed by atoms with Crippen molar-refractivity contribution in [3.8, 4) is 0 Å². The molecule has 0 unspecified atom stereocenters. The maximum atomic E-state index is 2.78. The molecular formula is C64H73BN2S. The number of fused-ring (bicyclic) bond motifs is 10. The molecule has 6 aromatic carbocycles. The maximum Gasteiger partial charge on any atom is 0.252 e. The van der Waals surface area contributed by atoms with Crippen molar-refractivity contribution in [2.24, 2.45) is 0 Å². The molecule has 3 heterocycles. The fraction of sp³-hybridized carbons (Fsp3) is 0.438. The van der Waals surface area contributed by atoms with Gasteiger partial charge in [0.05, 0.1) is 0 Å². The standard InChI is InChI=1S/C64H73BN2S/c1-37-27-42-47(64(15,16)36-63(42,13)14)33-50(37)67-52-35-46-44(60(7,8)24-26-62(46,11)12)32-49(52)65-48-31-43-45(61(9,10)25-23-59(43,5)6)34-51(48)66(53-28-38(58(2,3)4)29-54(67)57(53)65)39-21-22-41-40-19-17-18-20-55(40)68-56(41)30-39/h17-22,27-35H,23-26,36H2,1-16H3. The molecule has 0 N–H and O–H groups in total. The van der Waals surface area contributed by atoms with E-state index in [-0.39, 0.29) is 44.6 Å². The molecular weight excluding hydrogens is 840 g/mol. The van der Waals surface area contributed by atoms with Crippen LogP contribution in [-0.4, -0.2) is 6.71 Å². The van der Waals surface area contributed by atoms with E-state index in [0.717, 1.165) is 6.42 Å². The molecule has 4 heteroatoms. The molecule has 0 amide bonds. The Labute approximate surface area is 412 Å². The Morgan fingerprint density at radius 3 is 1.47 bits per heavy atom. The Hall–Kier alpha value is -4.80. The molecule has 5 aliphatic rings. The SMILES string of the molecule is Cc1cc2c(cc1N1c3cc4c(cc3B3c5cc6c(cc5N(c5ccc7c(c5)sc5ccccc57)c5cc(C(C)(C)C)cc1c53)C(C)(C)CCC6(C)C)C(C)(C)CCC4(C)C)C(C)(C)CC2(C)C. The molecule has 0 saturated heterocycles. The van der Waals surface area contributed by atoms with E-state index in [1.807, 2.05) is 11.3 Å². The molecule has 348 valence electrons. The first-order valence-corrected chi connectivity index (χ1v) is 26.7. The predicted molar refractivity (Wildman–Crippen MR) is 298 cm³/mol. The van der Waals surface area contributed by atoms with E-state index < -0.39 is 0 Å². The summed E-state index contributed by atoms with van der Waals surface area (Å²) in [6.45, 7) is 39.6. The average molecular weight is 913 g/mol. The van der Waals surface area contributed by atoms with E-state index >= 15 is 0 Å². The van der Waals surface area contributed by atoms with Gasteiger partial charge in [0.1, 0.15) is 0 Å². The van der Waals surface area contributed by atoms with Crippen LogP contribution in [0.3, 0.4) is 0 Å². The summed E-state index contributed by atoms with van der Waals surface area (Å²) in [6, 6.07) is 37.6. The monoisotopic (exact) mass is 913 g/mol. The van der Waals surface area contributed by atoms with Crippen molar-refractivity contribution in [3.63, 3.8) is 0 Å². The number of anilines is 6. The highest BCUT2D eigenvalue weighted by Gasteiger charge is 2.50. The molecule has 0 bridgehead atoms. The Morgan fingerprint density at radius 1 is 0.456 bits per heavy atom. The Balaban J connectivity index is 1.25. The Kier molecular flexibility index (Phi) is 8.98. The highest BCUT2D eigenvalue weighted by Crippen LogP contribution is 2.56. The average Bonchev–Trinajstić information content (AvgIpc) is 3.71. The van der Waals surface area contributed by atoms with E-state index in [2.05, 4.69) is 212 Å². The lowest BCUT2D eigenvalue weighted by Gasteiger charge is -2.49. The van der Waals surface area contributed by atoms with Crippen LogP contribution in [0.5, 0.6) is 0 Å².